The number of amides is 4. The minimum atomic E-state index is -0.498. The van der Waals surface area contributed by atoms with Crippen molar-refractivity contribution in [1.82, 2.24) is 15.1 Å². The fraction of sp³-hybridized carbons (Fsp3) is 0.769. The molecule has 1 saturated heterocycles. The predicted molar refractivity (Wildman–Crippen MR) is 82.0 cm³/mol. The van der Waals surface area contributed by atoms with Crippen molar-refractivity contribution >= 4 is 30.3 Å². The van der Waals surface area contributed by atoms with Crippen LogP contribution >= 0.6 is 12.4 Å². The molecule has 1 heterocycles. The van der Waals surface area contributed by atoms with Gasteiger partial charge in [0.05, 0.1) is 0 Å². The highest BCUT2D eigenvalue weighted by atomic mass is 35.5. The highest BCUT2D eigenvalue weighted by Crippen LogP contribution is 2.05. The van der Waals surface area contributed by atoms with Gasteiger partial charge in [-0.15, -0.1) is 12.4 Å². The number of nitrogens with two attached hydrogens (primary N) is 1. The van der Waals surface area contributed by atoms with Gasteiger partial charge in [-0.2, -0.15) is 0 Å². The molecule has 1 aliphatic heterocycles. The van der Waals surface area contributed by atoms with Crippen molar-refractivity contribution in [1.29, 1.82) is 0 Å². The molecule has 8 heteroatoms. The number of hydrogen-bond donors (Lipinski definition) is 2. The molecular weight excluding hydrogens is 296 g/mol. The lowest BCUT2D eigenvalue weighted by molar-refractivity contribution is -0.131. The van der Waals surface area contributed by atoms with E-state index in [0.29, 0.717) is 12.5 Å². The van der Waals surface area contributed by atoms with Gasteiger partial charge in [-0.25, -0.2) is 4.79 Å². The van der Waals surface area contributed by atoms with Crippen LogP contribution in [0.1, 0.15) is 26.7 Å². The first-order chi connectivity index (χ1) is 9.31. The lowest BCUT2D eigenvalue weighted by Crippen LogP contribution is -2.52. The number of urea groups is 1. The molecule has 1 atom stereocenters. The summed E-state index contributed by atoms with van der Waals surface area (Å²) in [6, 6.07) is -0.442. The predicted octanol–water partition coefficient (Wildman–Crippen LogP) is 0.182. The third-order valence-electron chi connectivity index (χ3n) is 3.55. The molecule has 1 unspecified atom stereocenters. The van der Waals surface area contributed by atoms with Gasteiger partial charge in [0.1, 0.15) is 6.54 Å². The maximum Gasteiger partial charge on any atom is 0.324 e. The zero-order valence-corrected chi connectivity index (χ0v) is 13.6. The van der Waals surface area contributed by atoms with Crippen molar-refractivity contribution in [3.8, 4) is 0 Å². The minimum Gasteiger partial charge on any atom is -0.344 e. The van der Waals surface area contributed by atoms with Crippen LogP contribution in [0.15, 0.2) is 0 Å². The molecule has 0 aromatic heterocycles. The van der Waals surface area contributed by atoms with E-state index in [4.69, 9.17) is 5.73 Å². The van der Waals surface area contributed by atoms with E-state index in [-0.39, 0.29) is 49.8 Å². The van der Waals surface area contributed by atoms with E-state index < -0.39 is 6.03 Å². The van der Waals surface area contributed by atoms with E-state index in [9.17, 15) is 14.4 Å². The van der Waals surface area contributed by atoms with E-state index in [1.54, 1.807) is 11.9 Å². The fourth-order valence-electron chi connectivity index (χ4n) is 1.83. The third-order valence-corrected chi connectivity index (χ3v) is 3.55. The van der Waals surface area contributed by atoms with E-state index in [0.717, 1.165) is 6.42 Å². The molecule has 1 fully saturated rings. The second-order valence-electron chi connectivity index (χ2n) is 5.54. The SMILES string of the molecule is CC(C)C(N)CCN(C)C(=O)CN1CCC(=O)NC1=O.Cl. The number of rotatable bonds is 6. The average molecular weight is 321 g/mol. The Bertz CT molecular complexity index is 390. The van der Waals surface area contributed by atoms with Crippen molar-refractivity contribution in [2.75, 3.05) is 26.7 Å². The zero-order valence-electron chi connectivity index (χ0n) is 12.8. The molecule has 4 amide bonds. The van der Waals surface area contributed by atoms with Crippen LogP contribution in [0.5, 0.6) is 0 Å². The van der Waals surface area contributed by atoms with Crippen LogP contribution in [0, 0.1) is 5.92 Å². The highest BCUT2D eigenvalue weighted by molar-refractivity contribution is 5.98. The molecule has 0 aromatic carbocycles. The Morgan fingerprint density at radius 3 is 2.57 bits per heavy atom. The Balaban J connectivity index is 0.00000400. The summed E-state index contributed by atoms with van der Waals surface area (Å²) < 4.78 is 0. The summed E-state index contributed by atoms with van der Waals surface area (Å²) >= 11 is 0. The lowest BCUT2D eigenvalue weighted by atomic mass is 10.0. The first-order valence-corrected chi connectivity index (χ1v) is 6.89. The van der Waals surface area contributed by atoms with E-state index in [2.05, 4.69) is 5.32 Å². The Kier molecular flexibility index (Phi) is 8.27. The van der Waals surface area contributed by atoms with Gasteiger partial charge >= 0.3 is 6.03 Å². The van der Waals surface area contributed by atoms with Gasteiger partial charge in [0.2, 0.25) is 11.8 Å². The zero-order chi connectivity index (χ0) is 15.3. The van der Waals surface area contributed by atoms with Crippen LogP contribution in [0.25, 0.3) is 0 Å². The van der Waals surface area contributed by atoms with Crippen LogP contribution in [-0.4, -0.2) is 60.4 Å². The number of imide groups is 1. The minimum absolute atomic E-state index is 0. The molecule has 3 N–H and O–H groups in total. The van der Waals surface area contributed by atoms with Crippen molar-refractivity contribution in [2.24, 2.45) is 11.7 Å². The molecular formula is C13H25ClN4O3. The Morgan fingerprint density at radius 2 is 2.05 bits per heavy atom. The molecule has 21 heavy (non-hydrogen) atoms. The Morgan fingerprint density at radius 1 is 1.43 bits per heavy atom. The number of nitrogens with one attached hydrogen (secondary N) is 1. The van der Waals surface area contributed by atoms with Crippen molar-refractivity contribution in [3.05, 3.63) is 0 Å². The molecule has 1 aliphatic rings. The quantitative estimate of drug-likeness (QED) is 0.730. The number of hydrogen-bond acceptors (Lipinski definition) is 4. The second kappa shape index (κ2) is 8.84. The number of nitrogens with zero attached hydrogens (tertiary/aromatic N) is 2. The second-order valence-corrected chi connectivity index (χ2v) is 5.54. The standard InChI is InChI=1S/C13H24N4O3.ClH/c1-9(2)10(14)4-6-16(3)12(19)8-17-7-5-11(18)15-13(17)20;/h9-10H,4-8,14H2,1-3H3,(H,15,18,20);1H. The van der Waals surface area contributed by atoms with Crippen LogP contribution in [0.4, 0.5) is 4.79 Å². The number of carbonyl (C=O) groups excluding carboxylic acids is 3. The van der Waals surface area contributed by atoms with Crippen molar-refractivity contribution in [3.63, 3.8) is 0 Å². The van der Waals surface area contributed by atoms with Crippen LogP contribution in [0.3, 0.4) is 0 Å². The number of carbonyl (C=O) groups is 3. The summed E-state index contributed by atoms with van der Waals surface area (Å²) in [6.45, 7) is 4.93. The van der Waals surface area contributed by atoms with Crippen LogP contribution in [0.2, 0.25) is 0 Å². The summed E-state index contributed by atoms with van der Waals surface area (Å²) in [6.07, 6.45) is 0.964. The van der Waals surface area contributed by atoms with Crippen LogP contribution < -0.4 is 11.1 Å². The van der Waals surface area contributed by atoms with Gasteiger partial charge in [-0.3, -0.25) is 14.9 Å². The van der Waals surface area contributed by atoms with Crippen molar-refractivity contribution < 1.29 is 14.4 Å². The van der Waals surface area contributed by atoms with Gasteiger partial charge in [-0.1, -0.05) is 13.8 Å². The van der Waals surface area contributed by atoms with E-state index in [1.807, 2.05) is 13.8 Å². The lowest BCUT2D eigenvalue weighted by Gasteiger charge is -2.28. The van der Waals surface area contributed by atoms with Gasteiger partial charge in [0.15, 0.2) is 0 Å². The number of halogens is 1. The van der Waals surface area contributed by atoms with Gasteiger partial charge in [0.25, 0.3) is 0 Å². The smallest absolute Gasteiger partial charge is 0.324 e. The Labute approximate surface area is 131 Å². The summed E-state index contributed by atoms with van der Waals surface area (Å²) in [5.74, 6) is -0.0715. The maximum absolute atomic E-state index is 12.0. The molecule has 7 nitrogen and oxygen atoms in total. The van der Waals surface area contributed by atoms with Gasteiger partial charge < -0.3 is 15.5 Å². The molecule has 0 saturated carbocycles. The molecule has 0 aromatic rings. The van der Waals surface area contributed by atoms with E-state index in [1.165, 1.54) is 4.90 Å². The topological polar surface area (TPSA) is 95.7 Å². The highest BCUT2D eigenvalue weighted by Gasteiger charge is 2.25. The van der Waals surface area contributed by atoms with E-state index >= 15 is 0 Å². The monoisotopic (exact) mass is 320 g/mol. The molecule has 0 radical (unpaired) electrons. The summed E-state index contributed by atoms with van der Waals surface area (Å²) in [4.78, 5) is 37.5. The summed E-state index contributed by atoms with van der Waals surface area (Å²) in [5, 5.41) is 2.20. The largest absolute Gasteiger partial charge is 0.344 e. The normalized spacial score (nSPS) is 16.3. The molecule has 0 bridgehead atoms. The number of likely N-dealkylation sites (N-methyl/N-ethyl adjacent to an activating group) is 1. The molecule has 0 aliphatic carbocycles. The maximum atomic E-state index is 12.0. The van der Waals surface area contributed by atoms with Crippen molar-refractivity contribution in [2.45, 2.75) is 32.7 Å². The Hall–Kier alpha value is -1.34. The average Bonchev–Trinajstić information content (AvgIpc) is 2.38. The first kappa shape index (κ1) is 19.7. The molecule has 0 spiro atoms. The third kappa shape index (κ3) is 6.31. The van der Waals surface area contributed by atoms with Crippen LogP contribution in [-0.2, 0) is 9.59 Å². The first-order valence-electron chi connectivity index (χ1n) is 6.89. The van der Waals surface area contributed by atoms with Gasteiger partial charge in [-0.05, 0) is 12.3 Å². The summed E-state index contributed by atoms with van der Waals surface area (Å²) in [7, 11) is 1.70. The fourth-order valence-corrected chi connectivity index (χ4v) is 1.83. The van der Waals surface area contributed by atoms with Gasteiger partial charge in [0, 0.05) is 32.6 Å². The molecule has 122 valence electrons. The molecule has 1 rings (SSSR count). The summed E-state index contributed by atoms with van der Waals surface area (Å²) in [5.41, 5.74) is 5.94.